The van der Waals surface area contributed by atoms with Crippen LogP contribution in [-0.4, -0.2) is 10.1 Å². The number of aryl methyl sites for hydroxylation is 1. The summed E-state index contributed by atoms with van der Waals surface area (Å²) < 4.78 is 0. The number of hydrogen-bond donors (Lipinski definition) is 1. The number of benzene rings is 1. The van der Waals surface area contributed by atoms with Gasteiger partial charge < -0.3 is 5.11 Å². The third-order valence-electron chi connectivity index (χ3n) is 2.46. The van der Waals surface area contributed by atoms with Gasteiger partial charge in [-0.3, -0.25) is 4.98 Å². The molecule has 17 heavy (non-hydrogen) atoms. The lowest BCUT2D eigenvalue weighted by molar-refractivity contribution is 0.282. The molecule has 88 valence electrons. The third kappa shape index (κ3) is 2.60. The highest BCUT2D eigenvalue weighted by Gasteiger charge is 2.10. The minimum atomic E-state index is -0.0765. The summed E-state index contributed by atoms with van der Waals surface area (Å²) >= 11 is 12.1. The summed E-state index contributed by atoms with van der Waals surface area (Å²) in [6.45, 7) is 1.85. The van der Waals surface area contributed by atoms with Crippen molar-refractivity contribution in [2.24, 2.45) is 0 Å². The molecule has 2 rings (SSSR count). The van der Waals surface area contributed by atoms with Crippen LogP contribution in [-0.2, 0) is 6.61 Å². The molecule has 0 saturated heterocycles. The van der Waals surface area contributed by atoms with Gasteiger partial charge in [-0.1, -0.05) is 29.3 Å². The van der Waals surface area contributed by atoms with Crippen LogP contribution >= 0.6 is 23.2 Å². The highest BCUT2D eigenvalue weighted by molar-refractivity contribution is 6.35. The molecule has 0 amide bonds. The molecule has 4 heteroatoms. The van der Waals surface area contributed by atoms with Crippen molar-refractivity contribution in [3.8, 4) is 11.3 Å². The van der Waals surface area contributed by atoms with Crippen molar-refractivity contribution in [3.05, 3.63) is 51.6 Å². The Morgan fingerprint density at radius 3 is 2.71 bits per heavy atom. The maximum atomic E-state index is 9.35. The molecule has 0 fully saturated rings. The van der Waals surface area contributed by atoms with E-state index < -0.39 is 0 Å². The van der Waals surface area contributed by atoms with Crippen molar-refractivity contribution in [1.29, 1.82) is 0 Å². The van der Waals surface area contributed by atoms with E-state index in [0.29, 0.717) is 15.7 Å². The van der Waals surface area contributed by atoms with Crippen molar-refractivity contribution in [3.63, 3.8) is 0 Å². The first-order chi connectivity index (χ1) is 8.11. The van der Waals surface area contributed by atoms with Crippen molar-refractivity contribution < 1.29 is 5.11 Å². The maximum absolute atomic E-state index is 9.35. The van der Waals surface area contributed by atoms with Crippen LogP contribution in [0.4, 0.5) is 0 Å². The lowest BCUT2D eigenvalue weighted by atomic mass is 10.0. The van der Waals surface area contributed by atoms with E-state index in [1.54, 1.807) is 24.4 Å². The van der Waals surface area contributed by atoms with Crippen molar-refractivity contribution >= 4 is 23.2 Å². The van der Waals surface area contributed by atoms with Crippen LogP contribution in [0.5, 0.6) is 0 Å². The van der Waals surface area contributed by atoms with Gasteiger partial charge in [0.2, 0.25) is 0 Å². The Kier molecular flexibility index (Phi) is 3.67. The summed E-state index contributed by atoms with van der Waals surface area (Å²) in [5.41, 5.74) is 3.15. The van der Waals surface area contributed by atoms with Gasteiger partial charge >= 0.3 is 0 Å². The van der Waals surface area contributed by atoms with E-state index in [4.69, 9.17) is 23.2 Å². The lowest BCUT2D eigenvalue weighted by Gasteiger charge is -2.09. The first-order valence-corrected chi connectivity index (χ1v) is 5.89. The zero-order valence-electron chi connectivity index (χ0n) is 9.24. The number of aromatic nitrogens is 1. The predicted octanol–water partition coefficient (Wildman–Crippen LogP) is 3.86. The van der Waals surface area contributed by atoms with Gasteiger partial charge in [0, 0.05) is 22.3 Å². The fourth-order valence-corrected chi connectivity index (χ4v) is 2.05. The van der Waals surface area contributed by atoms with Gasteiger partial charge in [-0.05, 0) is 30.7 Å². The number of halogens is 2. The molecule has 1 heterocycles. The Labute approximate surface area is 110 Å². The van der Waals surface area contributed by atoms with Crippen molar-refractivity contribution in [2.75, 3.05) is 0 Å². The summed E-state index contributed by atoms with van der Waals surface area (Å²) in [6, 6.07) is 7.09. The Bertz CT molecular complexity index is 555. The molecule has 0 unspecified atom stereocenters. The van der Waals surface area contributed by atoms with Gasteiger partial charge in [-0.15, -0.1) is 0 Å². The van der Waals surface area contributed by atoms with Crippen LogP contribution in [0.1, 0.15) is 11.1 Å². The van der Waals surface area contributed by atoms with Crippen molar-refractivity contribution in [2.45, 2.75) is 13.5 Å². The summed E-state index contributed by atoms with van der Waals surface area (Å²) in [7, 11) is 0. The number of pyridine rings is 1. The molecule has 1 N–H and O–H groups in total. The van der Waals surface area contributed by atoms with Gasteiger partial charge in [0.15, 0.2) is 0 Å². The van der Waals surface area contributed by atoms with Crippen LogP contribution in [0.3, 0.4) is 0 Å². The summed E-state index contributed by atoms with van der Waals surface area (Å²) in [6.07, 6.45) is 1.74. The van der Waals surface area contributed by atoms with E-state index >= 15 is 0 Å². The molecule has 0 radical (unpaired) electrons. The second-order valence-electron chi connectivity index (χ2n) is 3.80. The molecule has 0 aliphatic heterocycles. The van der Waals surface area contributed by atoms with E-state index in [0.717, 1.165) is 16.7 Å². The summed E-state index contributed by atoms with van der Waals surface area (Å²) in [4.78, 5) is 4.32. The van der Waals surface area contributed by atoms with Gasteiger partial charge in [-0.25, -0.2) is 0 Å². The van der Waals surface area contributed by atoms with E-state index in [9.17, 15) is 5.11 Å². The van der Waals surface area contributed by atoms with Crippen LogP contribution in [0.2, 0.25) is 10.0 Å². The molecule has 1 aromatic heterocycles. The first-order valence-electron chi connectivity index (χ1n) is 5.13. The lowest BCUT2D eigenvalue weighted by Crippen LogP contribution is -1.95. The average molecular weight is 268 g/mol. The SMILES string of the molecule is Cc1cnc(-c2cc(Cl)ccc2Cl)c(CO)c1. The predicted molar refractivity (Wildman–Crippen MR) is 70.4 cm³/mol. The number of aliphatic hydroxyl groups is 1. The number of hydrogen-bond acceptors (Lipinski definition) is 2. The van der Waals surface area contributed by atoms with Crippen LogP contribution in [0.25, 0.3) is 11.3 Å². The van der Waals surface area contributed by atoms with E-state index in [1.807, 2.05) is 13.0 Å². The van der Waals surface area contributed by atoms with Gasteiger partial charge in [0.25, 0.3) is 0 Å². The third-order valence-corrected chi connectivity index (χ3v) is 3.02. The molecule has 1 aromatic carbocycles. The molecule has 2 aromatic rings. The highest BCUT2D eigenvalue weighted by atomic mass is 35.5. The average Bonchev–Trinajstić information content (AvgIpc) is 2.32. The topological polar surface area (TPSA) is 33.1 Å². The number of rotatable bonds is 2. The fourth-order valence-electron chi connectivity index (χ4n) is 1.67. The van der Waals surface area contributed by atoms with E-state index in [-0.39, 0.29) is 6.61 Å². The Morgan fingerprint density at radius 1 is 1.24 bits per heavy atom. The maximum Gasteiger partial charge on any atom is 0.0772 e. The largest absolute Gasteiger partial charge is 0.392 e. The minimum Gasteiger partial charge on any atom is -0.392 e. The first kappa shape index (κ1) is 12.4. The minimum absolute atomic E-state index is 0.0765. The summed E-state index contributed by atoms with van der Waals surface area (Å²) in [5, 5.41) is 10.5. The molecule has 0 aliphatic rings. The Balaban J connectivity index is 2.63. The van der Waals surface area contributed by atoms with Crippen molar-refractivity contribution in [1.82, 2.24) is 4.98 Å². The zero-order chi connectivity index (χ0) is 12.4. The van der Waals surface area contributed by atoms with Crippen LogP contribution in [0, 0.1) is 6.92 Å². The molecule has 0 atom stereocenters. The molecule has 2 nitrogen and oxygen atoms in total. The monoisotopic (exact) mass is 267 g/mol. The van der Waals surface area contributed by atoms with E-state index in [2.05, 4.69) is 4.98 Å². The van der Waals surface area contributed by atoms with Gasteiger partial charge in [0.1, 0.15) is 0 Å². The quantitative estimate of drug-likeness (QED) is 0.897. The normalized spacial score (nSPS) is 10.6. The Morgan fingerprint density at radius 2 is 2.00 bits per heavy atom. The van der Waals surface area contributed by atoms with Gasteiger partial charge in [0.05, 0.1) is 17.3 Å². The number of nitrogens with zero attached hydrogens (tertiary/aromatic N) is 1. The van der Waals surface area contributed by atoms with Crippen LogP contribution in [0.15, 0.2) is 30.5 Å². The second kappa shape index (κ2) is 5.05. The molecule has 0 spiro atoms. The molecule has 0 bridgehead atoms. The number of aliphatic hydroxyl groups excluding tert-OH is 1. The molecule has 0 aliphatic carbocycles. The van der Waals surface area contributed by atoms with E-state index in [1.165, 1.54) is 0 Å². The second-order valence-corrected chi connectivity index (χ2v) is 4.65. The zero-order valence-corrected chi connectivity index (χ0v) is 10.8. The molecular formula is C13H11Cl2NO. The molecular weight excluding hydrogens is 257 g/mol. The highest BCUT2D eigenvalue weighted by Crippen LogP contribution is 2.31. The fraction of sp³-hybridized carbons (Fsp3) is 0.154. The smallest absolute Gasteiger partial charge is 0.0772 e. The Hall–Kier alpha value is -1.09. The standard InChI is InChI=1S/C13H11Cl2NO/c1-8-4-9(7-17)13(16-6-8)11-5-10(14)2-3-12(11)15/h2-6,17H,7H2,1H3. The van der Waals surface area contributed by atoms with Crippen LogP contribution < -0.4 is 0 Å². The molecule has 0 saturated carbocycles. The summed E-state index contributed by atoms with van der Waals surface area (Å²) in [5.74, 6) is 0. The van der Waals surface area contributed by atoms with Gasteiger partial charge in [-0.2, -0.15) is 0 Å².